The Morgan fingerprint density at radius 1 is 1.15 bits per heavy atom. The number of nitrogens with one attached hydrogen (secondary N) is 1. The van der Waals surface area contributed by atoms with Crippen LogP contribution in [-0.4, -0.2) is 68.2 Å². The highest BCUT2D eigenvalue weighted by atomic mass is 35.5. The molecule has 2 fully saturated rings. The van der Waals surface area contributed by atoms with Crippen molar-refractivity contribution in [2.45, 2.75) is 83.1 Å². The van der Waals surface area contributed by atoms with E-state index in [0.29, 0.717) is 43.5 Å². The molecule has 2 aliphatic heterocycles. The Morgan fingerprint density at radius 3 is 2.68 bits per heavy atom. The van der Waals surface area contributed by atoms with Gasteiger partial charge in [0.05, 0.1) is 17.9 Å². The van der Waals surface area contributed by atoms with Gasteiger partial charge in [0.25, 0.3) is 5.91 Å². The minimum atomic E-state index is -4.20. The Balaban J connectivity index is 1.44. The molecular formula is C36H48ClN3O6S. The summed E-state index contributed by atoms with van der Waals surface area (Å²) >= 11 is 6.33. The summed E-state index contributed by atoms with van der Waals surface area (Å²) in [4.78, 5) is 15.9. The number of aryl methyl sites for hydroxylation is 1. The molecule has 2 N–H and O–H groups in total. The van der Waals surface area contributed by atoms with Gasteiger partial charge < -0.3 is 19.5 Å². The van der Waals surface area contributed by atoms with Crippen molar-refractivity contribution in [3.63, 3.8) is 0 Å². The summed E-state index contributed by atoms with van der Waals surface area (Å²) < 4.78 is 43.2. The average molecular weight is 686 g/mol. The predicted molar refractivity (Wildman–Crippen MR) is 186 cm³/mol. The molecule has 256 valence electrons. The van der Waals surface area contributed by atoms with Crippen molar-refractivity contribution in [3.05, 3.63) is 83.4 Å². The van der Waals surface area contributed by atoms with Crippen LogP contribution in [0.25, 0.3) is 0 Å². The van der Waals surface area contributed by atoms with Gasteiger partial charge in [-0.2, -0.15) is 12.7 Å². The van der Waals surface area contributed by atoms with E-state index in [1.54, 1.807) is 37.3 Å². The van der Waals surface area contributed by atoms with Gasteiger partial charge in [0.2, 0.25) is 0 Å². The van der Waals surface area contributed by atoms with Gasteiger partial charge in [-0.15, -0.1) is 13.2 Å². The summed E-state index contributed by atoms with van der Waals surface area (Å²) in [5.41, 5.74) is 3.14. The van der Waals surface area contributed by atoms with Crippen molar-refractivity contribution in [1.29, 1.82) is 0 Å². The molecule has 1 saturated heterocycles. The fraction of sp³-hybridized carbons (Fsp3) is 0.528. The Bertz CT molecular complexity index is 1530. The summed E-state index contributed by atoms with van der Waals surface area (Å²) in [7, 11) is -4.20. The monoisotopic (exact) mass is 685 g/mol. The molecule has 0 bridgehead atoms. The topological polar surface area (TPSA) is 108 Å². The second-order valence-electron chi connectivity index (χ2n) is 13.0. The van der Waals surface area contributed by atoms with Crippen LogP contribution in [0.4, 0.5) is 5.69 Å². The van der Waals surface area contributed by atoms with Gasteiger partial charge in [-0.05, 0) is 112 Å². The Labute approximate surface area is 284 Å². The highest BCUT2D eigenvalue weighted by molar-refractivity contribution is 7.87. The zero-order chi connectivity index (χ0) is 33.6. The van der Waals surface area contributed by atoms with Crippen LogP contribution in [0.1, 0.15) is 73.4 Å². The van der Waals surface area contributed by atoms with Crippen LogP contribution in [0.3, 0.4) is 0 Å². The second-order valence-corrected chi connectivity index (χ2v) is 15.1. The van der Waals surface area contributed by atoms with E-state index in [2.05, 4.69) is 22.8 Å². The van der Waals surface area contributed by atoms with Gasteiger partial charge in [0.1, 0.15) is 12.4 Å². The van der Waals surface area contributed by atoms with Crippen molar-refractivity contribution >= 4 is 33.4 Å². The van der Waals surface area contributed by atoms with Crippen LogP contribution in [-0.2, 0) is 28.0 Å². The lowest BCUT2D eigenvalue weighted by Crippen LogP contribution is -2.50. The van der Waals surface area contributed by atoms with Crippen LogP contribution < -0.4 is 14.4 Å². The van der Waals surface area contributed by atoms with E-state index in [1.165, 1.54) is 4.31 Å². The van der Waals surface area contributed by atoms with Gasteiger partial charge in [-0.3, -0.25) is 4.79 Å². The molecule has 0 spiro atoms. The van der Waals surface area contributed by atoms with Gasteiger partial charge >= 0.3 is 10.2 Å². The zero-order valence-electron chi connectivity index (χ0n) is 27.3. The molecule has 47 heavy (non-hydrogen) atoms. The van der Waals surface area contributed by atoms with Crippen LogP contribution in [0.15, 0.2) is 61.7 Å². The number of benzene rings is 2. The molecule has 1 aliphatic carbocycles. The second kappa shape index (κ2) is 16.0. The quantitative estimate of drug-likeness (QED) is 0.262. The maximum atomic E-state index is 13.7. The largest absolute Gasteiger partial charge is 0.487 e. The van der Waals surface area contributed by atoms with Crippen molar-refractivity contribution < 1.29 is 27.8 Å². The lowest BCUT2D eigenvalue weighted by molar-refractivity contribution is 0.0465. The number of carbonyl (C=O) groups excluding carboxylic acids is 1. The first-order chi connectivity index (χ1) is 22.6. The molecule has 2 heterocycles. The first-order valence-corrected chi connectivity index (χ1v) is 18.6. The SMILES string of the molecule is C=CC[C@@H](C)N(C[C@@H]1CCCO1)S(=O)(=O)NC(=O)c1ccc2c(c1)N(C[C@@H]1CC[C@H]1[C@@H](O)C=C)CCCCc1cc(Cl)ccc1CO2. The van der Waals surface area contributed by atoms with E-state index in [0.717, 1.165) is 61.8 Å². The number of rotatable bonds is 12. The Kier molecular flexibility index (Phi) is 12.1. The number of fused-ring (bicyclic) bond motifs is 2. The lowest BCUT2D eigenvalue weighted by Gasteiger charge is -2.42. The standard InChI is InChI=1S/C36H48ClN3O6S/c1-4-9-25(3)40(23-31-11-8-19-45-31)47(43,44)38-36(42)27-14-17-35-33(21-27)39(22-28-13-16-32(28)34(41)5-2)18-7-6-10-26-20-30(37)15-12-29(26)24-46-35/h4-5,12,14-15,17,20-21,25,28,31-32,34,41H,1-2,6-11,13,16,18-19,22-24H2,3H3,(H,38,42)/t25-,28+,31+,32-,34+/m1/s1. The van der Waals surface area contributed by atoms with E-state index in [1.807, 2.05) is 18.2 Å². The summed E-state index contributed by atoms with van der Waals surface area (Å²) in [5, 5.41) is 11.2. The van der Waals surface area contributed by atoms with Gasteiger partial charge in [0, 0.05) is 42.9 Å². The fourth-order valence-electron chi connectivity index (χ4n) is 6.91. The molecule has 5 atom stereocenters. The molecule has 0 radical (unpaired) electrons. The van der Waals surface area contributed by atoms with E-state index in [4.69, 9.17) is 21.1 Å². The Morgan fingerprint density at radius 2 is 1.98 bits per heavy atom. The number of halogens is 1. The lowest BCUT2D eigenvalue weighted by atomic mass is 9.70. The van der Waals surface area contributed by atoms with Crippen molar-refractivity contribution in [3.8, 4) is 5.75 Å². The maximum Gasteiger partial charge on any atom is 0.304 e. The summed E-state index contributed by atoms with van der Waals surface area (Å²) in [6, 6.07) is 10.5. The summed E-state index contributed by atoms with van der Waals surface area (Å²) in [6.07, 6.45) is 9.16. The average Bonchev–Trinajstić information content (AvgIpc) is 3.54. The van der Waals surface area contributed by atoms with Crippen LogP contribution in [0.5, 0.6) is 5.75 Å². The maximum absolute atomic E-state index is 13.7. The van der Waals surface area contributed by atoms with Crippen molar-refractivity contribution in [2.24, 2.45) is 11.8 Å². The van der Waals surface area contributed by atoms with E-state index in [9.17, 15) is 18.3 Å². The fourth-order valence-corrected chi connectivity index (χ4v) is 8.49. The summed E-state index contributed by atoms with van der Waals surface area (Å²) in [5.74, 6) is 0.249. The van der Waals surface area contributed by atoms with Crippen LogP contribution >= 0.6 is 11.6 Å². The predicted octanol–water partition coefficient (Wildman–Crippen LogP) is 6.06. The molecule has 1 saturated carbocycles. The van der Waals surface area contributed by atoms with E-state index >= 15 is 0 Å². The molecule has 2 aromatic carbocycles. The number of aliphatic hydroxyl groups excluding tert-OH is 1. The third-order valence-corrected chi connectivity index (χ3v) is 11.6. The van der Waals surface area contributed by atoms with Gasteiger partial charge in [0.15, 0.2) is 0 Å². The third kappa shape index (κ3) is 8.78. The number of hydrogen-bond acceptors (Lipinski definition) is 7. The normalized spacial score (nSPS) is 22.9. The summed E-state index contributed by atoms with van der Waals surface area (Å²) in [6.45, 7) is 11.8. The van der Waals surface area contributed by atoms with Gasteiger partial charge in [-0.1, -0.05) is 29.8 Å². The van der Waals surface area contributed by atoms with E-state index < -0.39 is 28.3 Å². The molecule has 1 amide bonds. The zero-order valence-corrected chi connectivity index (χ0v) is 28.9. The number of amides is 1. The van der Waals surface area contributed by atoms with Crippen molar-refractivity contribution in [2.75, 3.05) is 31.1 Å². The highest BCUT2D eigenvalue weighted by Crippen LogP contribution is 2.40. The smallest absolute Gasteiger partial charge is 0.304 e. The first kappa shape index (κ1) is 35.4. The number of carbonyl (C=O) groups is 1. The third-order valence-electron chi connectivity index (χ3n) is 9.79. The minimum absolute atomic E-state index is 0.116. The molecular weight excluding hydrogens is 638 g/mol. The number of aliphatic hydroxyl groups is 1. The minimum Gasteiger partial charge on any atom is -0.487 e. The number of ether oxygens (including phenoxy) is 2. The number of anilines is 1. The highest BCUT2D eigenvalue weighted by Gasteiger charge is 2.37. The van der Waals surface area contributed by atoms with Crippen LogP contribution in [0, 0.1) is 11.8 Å². The molecule has 11 heteroatoms. The van der Waals surface area contributed by atoms with Crippen LogP contribution in [0.2, 0.25) is 5.02 Å². The Hall–Kier alpha value is -2.89. The van der Waals surface area contributed by atoms with E-state index in [-0.39, 0.29) is 30.0 Å². The molecule has 5 rings (SSSR count). The molecule has 0 aromatic heterocycles. The molecule has 2 aromatic rings. The molecule has 3 aliphatic rings. The number of hydrogen-bond donors (Lipinski definition) is 2. The first-order valence-electron chi connectivity index (χ1n) is 16.8. The van der Waals surface area contributed by atoms with Crippen molar-refractivity contribution in [1.82, 2.24) is 9.03 Å². The van der Waals surface area contributed by atoms with Gasteiger partial charge in [-0.25, -0.2) is 4.72 Å². The molecule has 0 unspecified atom stereocenters. The molecule has 9 nitrogen and oxygen atoms in total. The number of nitrogens with zero attached hydrogens (tertiary/aromatic N) is 2.